The van der Waals surface area contributed by atoms with E-state index in [2.05, 4.69) is 4.72 Å². The third-order valence-corrected chi connectivity index (χ3v) is 5.07. The molecule has 0 spiro atoms. The van der Waals surface area contributed by atoms with Gasteiger partial charge in [0.05, 0.1) is 16.9 Å². The lowest BCUT2D eigenvalue weighted by Crippen LogP contribution is -2.29. The van der Waals surface area contributed by atoms with Gasteiger partial charge in [0.2, 0.25) is 10.0 Å². The first-order valence-corrected chi connectivity index (χ1v) is 8.84. The molecular weight excluding hydrogens is 348 g/mol. The summed E-state index contributed by atoms with van der Waals surface area (Å²) in [7, 11) is -2.37. The Kier molecular flexibility index (Phi) is 5.94. The van der Waals surface area contributed by atoms with Crippen LogP contribution in [0.3, 0.4) is 0 Å². The Labute approximate surface area is 145 Å². The Morgan fingerprint density at radius 3 is 2.44 bits per heavy atom. The smallest absolute Gasteiger partial charge is 0.273 e. The highest BCUT2D eigenvalue weighted by molar-refractivity contribution is 7.89. The summed E-state index contributed by atoms with van der Waals surface area (Å²) in [6.45, 7) is 1.48. The van der Waals surface area contributed by atoms with Crippen LogP contribution in [0, 0.1) is 17.0 Å². The zero-order chi connectivity index (χ0) is 18.4. The van der Waals surface area contributed by atoms with E-state index in [0.29, 0.717) is 11.5 Å². The maximum atomic E-state index is 12.3. The molecule has 0 atom stereocenters. The van der Waals surface area contributed by atoms with Crippen molar-refractivity contribution < 1.29 is 22.8 Å². The van der Waals surface area contributed by atoms with Crippen molar-refractivity contribution in [2.24, 2.45) is 0 Å². The molecule has 0 aliphatic carbocycles. The van der Waals surface area contributed by atoms with Crippen molar-refractivity contribution in [3.05, 3.63) is 58.1 Å². The van der Waals surface area contributed by atoms with Crippen LogP contribution >= 0.6 is 0 Å². The molecule has 0 aromatic heterocycles. The molecule has 25 heavy (non-hydrogen) atoms. The van der Waals surface area contributed by atoms with Gasteiger partial charge in [-0.3, -0.25) is 10.1 Å². The maximum absolute atomic E-state index is 12.3. The van der Waals surface area contributed by atoms with Crippen molar-refractivity contribution in [2.45, 2.75) is 11.8 Å². The van der Waals surface area contributed by atoms with Gasteiger partial charge in [-0.15, -0.1) is 0 Å². The molecule has 0 bridgehead atoms. The third-order valence-electron chi connectivity index (χ3n) is 3.46. The summed E-state index contributed by atoms with van der Waals surface area (Å²) < 4.78 is 37.7. The van der Waals surface area contributed by atoms with Crippen LogP contribution in [-0.4, -0.2) is 33.6 Å². The molecule has 134 valence electrons. The van der Waals surface area contributed by atoms with E-state index in [4.69, 9.17) is 9.47 Å². The fourth-order valence-electron chi connectivity index (χ4n) is 2.24. The molecule has 0 heterocycles. The lowest BCUT2D eigenvalue weighted by atomic mass is 10.2. The summed E-state index contributed by atoms with van der Waals surface area (Å²) in [5.74, 6) is 1.04. The number of nitrogens with one attached hydrogen (secondary N) is 1. The summed E-state index contributed by atoms with van der Waals surface area (Å²) in [6, 6.07) is 10.9. The second-order valence-corrected chi connectivity index (χ2v) is 6.79. The van der Waals surface area contributed by atoms with Gasteiger partial charge in [0.25, 0.3) is 5.69 Å². The molecule has 8 nitrogen and oxygen atoms in total. The Morgan fingerprint density at radius 2 is 1.80 bits per heavy atom. The van der Waals surface area contributed by atoms with E-state index < -0.39 is 14.9 Å². The standard InChI is InChI=1S/C16H18N2O6S/c1-12-13(18(19)20)6-5-9-16(12)25(21,22)17-10-11-24-15-8-4-3-7-14(15)23-2/h3-9,17H,10-11H2,1-2H3. The van der Waals surface area contributed by atoms with E-state index in [-0.39, 0.29) is 29.3 Å². The zero-order valence-electron chi connectivity index (χ0n) is 13.8. The fraction of sp³-hybridized carbons (Fsp3) is 0.250. The molecule has 0 saturated carbocycles. The number of nitro groups is 1. The van der Waals surface area contributed by atoms with Gasteiger partial charge in [0.15, 0.2) is 11.5 Å². The van der Waals surface area contributed by atoms with Gasteiger partial charge in [-0.1, -0.05) is 18.2 Å². The van der Waals surface area contributed by atoms with Crippen LogP contribution < -0.4 is 14.2 Å². The first-order chi connectivity index (χ1) is 11.9. The molecule has 0 radical (unpaired) electrons. The number of hydrogen-bond donors (Lipinski definition) is 1. The van der Waals surface area contributed by atoms with Crippen LogP contribution in [0.5, 0.6) is 11.5 Å². The van der Waals surface area contributed by atoms with E-state index >= 15 is 0 Å². The fourth-order valence-corrected chi connectivity index (χ4v) is 3.52. The van der Waals surface area contributed by atoms with E-state index in [9.17, 15) is 18.5 Å². The normalized spacial score (nSPS) is 11.1. The van der Waals surface area contributed by atoms with E-state index in [1.165, 1.54) is 32.2 Å². The molecule has 0 fully saturated rings. The van der Waals surface area contributed by atoms with Crippen LogP contribution in [0.2, 0.25) is 0 Å². The Balaban J connectivity index is 2.03. The molecule has 1 N–H and O–H groups in total. The maximum Gasteiger partial charge on any atom is 0.273 e. The average molecular weight is 366 g/mol. The lowest BCUT2D eigenvalue weighted by molar-refractivity contribution is -0.385. The van der Waals surface area contributed by atoms with Gasteiger partial charge in [0.1, 0.15) is 6.61 Å². The quantitative estimate of drug-likeness (QED) is 0.436. The lowest BCUT2D eigenvalue weighted by Gasteiger charge is -2.12. The van der Waals surface area contributed by atoms with Crippen molar-refractivity contribution in [1.82, 2.24) is 4.72 Å². The highest BCUT2D eigenvalue weighted by Gasteiger charge is 2.22. The van der Waals surface area contributed by atoms with Crippen LogP contribution in [0.25, 0.3) is 0 Å². The largest absolute Gasteiger partial charge is 0.493 e. The minimum atomic E-state index is -3.88. The molecule has 2 aromatic rings. The van der Waals surface area contributed by atoms with E-state index in [1.54, 1.807) is 24.3 Å². The van der Waals surface area contributed by atoms with Gasteiger partial charge >= 0.3 is 0 Å². The monoisotopic (exact) mass is 366 g/mol. The topological polar surface area (TPSA) is 108 Å². The molecule has 0 aliphatic heterocycles. The van der Waals surface area contributed by atoms with Crippen LogP contribution in [0.4, 0.5) is 5.69 Å². The Morgan fingerprint density at radius 1 is 1.12 bits per heavy atom. The number of para-hydroxylation sites is 2. The Bertz CT molecular complexity index is 867. The van der Waals surface area contributed by atoms with Crippen LogP contribution in [0.15, 0.2) is 47.4 Å². The second-order valence-electron chi connectivity index (χ2n) is 5.05. The number of nitro benzene ring substituents is 1. The average Bonchev–Trinajstić information content (AvgIpc) is 2.58. The summed E-state index contributed by atoms with van der Waals surface area (Å²) in [5.41, 5.74) is -0.154. The summed E-state index contributed by atoms with van der Waals surface area (Å²) >= 11 is 0. The molecule has 0 aliphatic rings. The molecule has 2 aromatic carbocycles. The number of sulfonamides is 1. The van der Waals surface area contributed by atoms with E-state index in [0.717, 1.165) is 0 Å². The number of benzene rings is 2. The van der Waals surface area contributed by atoms with Crippen molar-refractivity contribution in [1.29, 1.82) is 0 Å². The molecule has 0 saturated heterocycles. The number of hydrogen-bond acceptors (Lipinski definition) is 6. The number of methoxy groups -OCH3 is 1. The summed E-state index contributed by atoms with van der Waals surface area (Å²) in [5, 5.41) is 10.9. The van der Waals surface area contributed by atoms with E-state index in [1.807, 2.05) is 0 Å². The second kappa shape index (κ2) is 7.95. The van der Waals surface area contributed by atoms with Crippen molar-refractivity contribution in [2.75, 3.05) is 20.3 Å². The highest BCUT2D eigenvalue weighted by Crippen LogP contribution is 2.26. The number of rotatable bonds is 8. The minimum Gasteiger partial charge on any atom is -0.493 e. The first kappa shape index (κ1) is 18.7. The van der Waals surface area contributed by atoms with Crippen molar-refractivity contribution in [3.8, 4) is 11.5 Å². The summed E-state index contributed by atoms with van der Waals surface area (Å²) in [4.78, 5) is 10.2. The predicted molar refractivity (Wildman–Crippen MR) is 91.5 cm³/mol. The van der Waals surface area contributed by atoms with Gasteiger partial charge in [-0.2, -0.15) is 0 Å². The van der Waals surface area contributed by atoms with Gasteiger partial charge < -0.3 is 9.47 Å². The molecule has 2 rings (SSSR count). The molecule has 9 heteroatoms. The summed E-state index contributed by atoms with van der Waals surface area (Å²) in [6.07, 6.45) is 0. The molecule has 0 unspecified atom stereocenters. The van der Waals surface area contributed by atoms with Crippen LogP contribution in [0.1, 0.15) is 5.56 Å². The molecular formula is C16H18N2O6S. The van der Waals surface area contributed by atoms with Gasteiger partial charge in [-0.05, 0) is 25.1 Å². The van der Waals surface area contributed by atoms with Gasteiger partial charge in [-0.25, -0.2) is 13.1 Å². The van der Waals surface area contributed by atoms with Crippen molar-refractivity contribution >= 4 is 15.7 Å². The Hall–Kier alpha value is -2.65. The highest BCUT2D eigenvalue weighted by atomic mass is 32.2. The van der Waals surface area contributed by atoms with Gasteiger partial charge in [0, 0.05) is 18.2 Å². The van der Waals surface area contributed by atoms with Crippen LogP contribution in [-0.2, 0) is 10.0 Å². The third kappa shape index (κ3) is 4.46. The predicted octanol–water partition coefficient (Wildman–Crippen LogP) is 2.27. The minimum absolute atomic E-state index is 0.00249. The first-order valence-electron chi connectivity index (χ1n) is 7.36. The number of ether oxygens (including phenoxy) is 2. The van der Waals surface area contributed by atoms with Crippen molar-refractivity contribution in [3.63, 3.8) is 0 Å². The SMILES string of the molecule is COc1ccccc1OCCNS(=O)(=O)c1cccc([N+](=O)[O-])c1C. The molecule has 0 amide bonds. The number of nitrogens with zero attached hydrogens (tertiary/aromatic N) is 1. The zero-order valence-corrected chi connectivity index (χ0v) is 14.6.